The van der Waals surface area contributed by atoms with Crippen molar-refractivity contribution in [2.75, 3.05) is 25.4 Å². The zero-order valence-electron chi connectivity index (χ0n) is 18.2. The molecule has 0 saturated carbocycles. The van der Waals surface area contributed by atoms with Crippen molar-refractivity contribution in [3.8, 4) is 11.9 Å². The molecule has 174 valence electrons. The topological polar surface area (TPSA) is 79.8 Å². The predicted molar refractivity (Wildman–Crippen MR) is 124 cm³/mol. The molecule has 0 spiro atoms. The molecule has 2 aromatic carbocycles. The number of nitrogens with one attached hydrogen (secondary N) is 1. The first-order valence-electron chi connectivity index (χ1n) is 10.8. The molecule has 1 amide bonds. The maximum absolute atomic E-state index is 14.7. The molecule has 33 heavy (non-hydrogen) atoms. The second kappa shape index (κ2) is 10.6. The molecule has 8 nitrogen and oxygen atoms in total. The van der Waals surface area contributed by atoms with Crippen LogP contribution in [0.25, 0.3) is 10.9 Å². The largest absolute Gasteiger partial charge is 0.453 e. The van der Waals surface area contributed by atoms with Crippen molar-refractivity contribution in [2.45, 2.75) is 31.7 Å². The van der Waals surface area contributed by atoms with Crippen molar-refractivity contribution >= 4 is 34.1 Å². The Morgan fingerprint density at radius 1 is 1.21 bits per heavy atom. The lowest BCUT2D eigenvalue weighted by Crippen LogP contribution is -2.44. The lowest BCUT2D eigenvalue weighted by atomic mass is 10.0. The van der Waals surface area contributed by atoms with Crippen molar-refractivity contribution in [3.63, 3.8) is 0 Å². The van der Waals surface area contributed by atoms with Crippen LogP contribution in [0.1, 0.15) is 25.7 Å². The molecule has 1 unspecified atom stereocenters. The van der Waals surface area contributed by atoms with Gasteiger partial charge in [0.1, 0.15) is 0 Å². The lowest BCUT2D eigenvalue weighted by molar-refractivity contribution is -0.137. The van der Waals surface area contributed by atoms with Crippen molar-refractivity contribution in [3.05, 3.63) is 53.6 Å². The summed E-state index contributed by atoms with van der Waals surface area (Å²) in [7, 11) is 1.61. The van der Waals surface area contributed by atoms with Gasteiger partial charge in [0.25, 0.3) is 0 Å². The van der Waals surface area contributed by atoms with Crippen molar-refractivity contribution in [1.82, 2.24) is 20.3 Å². The minimum absolute atomic E-state index is 0.0541. The summed E-state index contributed by atoms with van der Waals surface area (Å²) in [4.78, 5) is 26.8. The third kappa shape index (κ3) is 5.61. The number of ether oxygens (including phenoxy) is 1. The maximum Gasteiger partial charge on any atom is 0.339 e. The van der Waals surface area contributed by atoms with Gasteiger partial charge in [-0.15, -0.1) is 5.06 Å². The van der Waals surface area contributed by atoms with Gasteiger partial charge in [-0.1, -0.05) is 46.8 Å². The first-order valence-corrected chi connectivity index (χ1v) is 11.2. The first-order chi connectivity index (χ1) is 16.0. The number of piperidine rings is 1. The smallest absolute Gasteiger partial charge is 0.339 e. The molecule has 1 atom stereocenters. The van der Waals surface area contributed by atoms with E-state index in [0.29, 0.717) is 29.0 Å². The van der Waals surface area contributed by atoms with Gasteiger partial charge in [0.15, 0.2) is 6.73 Å². The number of rotatable bonds is 8. The van der Waals surface area contributed by atoms with Gasteiger partial charge in [0.2, 0.25) is 11.8 Å². The highest BCUT2D eigenvalue weighted by Gasteiger charge is 2.27. The van der Waals surface area contributed by atoms with Crippen molar-refractivity contribution < 1.29 is 18.9 Å². The van der Waals surface area contributed by atoms with Crippen LogP contribution in [0.4, 0.5) is 10.2 Å². The van der Waals surface area contributed by atoms with Crippen LogP contribution in [0.3, 0.4) is 0 Å². The van der Waals surface area contributed by atoms with Crippen molar-refractivity contribution in [1.29, 1.82) is 0 Å². The number of anilines is 1. The number of para-hydroxylation sites is 2. The summed E-state index contributed by atoms with van der Waals surface area (Å²) in [6, 6.07) is 13.8. The second-order valence-electron chi connectivity index (χ2n) is 7.67. The summed E-state index contributed by atoms with van der Waals surface area (Å²) in [5.41, 5.74) is 0.792. The Morgan fingerprint density at radius 3 is 2.82 bits per heavy atom. The van der Waals surface area contributed by atoms with Gasteiger partial charge in [0, 0.05) is 20.0 Å². The van der Waals surface area contributed by atoms with E-state index in [9.17, 15) is 9.28 Å². The lowest BCUT2D eigenvalue weighted by Gasteiger charge is -2.33. The van der Waals surface area contributed by atoms with Crippen LogP contribution < -0.4 is 20.0 Å². The third-order valence-electron chi connectivity index (χ3n) is 5.45. The standard InChI is InChI=1S/C23H25ClFN5O3/c1-26-21(31)14-16-8-6-7-13-30(16)33-23-27-19-11-4-2-9-17(19)22(28-23)32-15-29(25)20-12-5-3-10-18(20)24/h2-5,9-12,16H,6-8,13-15H2,1H3,(H,26,31). The highest BCUT2D eigenvalue weighted by molar-refractivity contribution is 6.33. The fourth-order valence-corrected chi connectivity index (χ4v) is 3.96. The van der Waals surface area contributed by atoms with E-state index in [0.717, 1.165) is 19.3 Å². The number of carbonyl (C=O) groups excluding carboxylic acids is 1. The summed E-state index contributed by atoms with van der Waals surface area (Å²) < 4.78 is 20.4. The second-order valence-corrected chi connectivity index (χ2v) is 8.08. The molecule has 0 radical (unpaired) electrons. The van der Waals surface area contributed by atoms with Crippen LogP contribution in [0, 0.1) is 0 Å². The van der Waals surface area contributed by atoms with Crippen LogP contribution >= 0.6 is 11.6 Å². The molecular weight excluding hydrogens is 449 g/mol. The zero-order valence-corrected chi connectivity index (χ0v) is 19.0. The van der Waals surface area contributed by atoms with Crippen LogP contribution in [0.5, 0.6) is 11.9 Å². The number of hydrogen-bond donors (Lipinski definition) is 1. The Kier molecular flexibility index (Phi) is 7.41. The number of nitrogens with zero attached hydrogens (tertiary/aromatic N) is 4. The van der Waals surface area contributed by atoms with Crippen LogP contribution in [0.15, 0.2) is 48.5 Å². The number of halogens is 2. The zero-order chi connectivity index (χ0) is 23.2. The number of carbonyl (C=O) groups is 1. The average Bonchev–Trinajstić information content (AvgIpc) is 2.83. The molecule has 1 N–H and O–H groups in total. The third-order valence-corrected chi connectivity index (χ3v) is 5.77. The molecule has 0 aliphatic carbocycles. The molecule has 1 aromatic heterocycles. The number of aromatic nitrogens is 2. The number of amides is 1. The Morgan fingerprint density at radius 2 is 2.00 bits per heavy atom. The number of hydrogen-bond acceptors (Lipinski definition) is 7. The monoisotopic (exact) mass is 473 g/mol. The van der Waals surface area contributed by atoms with Gasteiger partial charge >= 0.3 is 6.01 Å². The van der Waals surface area contributed by atoms with Gasteiger partial charge in [-0.3, -0.25) is 4.79 Å². The van der Waals surface area contributed by atoms with E-state index >= 15 is 0 Å². The molecule has 10 heteroatoms. The minimum Gasteiger partial charge on any atom is -0.453 e. The van der Waals surface area contributed by atoms with E-state index in [1.54, 1.807) is 48.5 Å². The Balaban J connectivity index is 1.55. The molecule has 0 bridgehead atoms. The van der Waals surface area contributed by atoms with Crippen LogP contribution in [-0.2, 0) is 4.79 Å². The summed E-state index contributed by atoms with van der Waals surface area (Å²) >= 11 is 6.07. The normalized spacial score (nSPS) is 16.4. The summed E-state index contributed by atoms with van der Waals surface area (Å²) in [6.07, 6.45) is 3.11. The van der Waals surface area contributed by atoms with E-state index in [1.807, 2.05) is 12.1 Å². The Labute approximate surface area is 196 Å². The van der Waals surface area contributed by atoms with Crippen LogP contribution in [0.2, 0.25) is 5.02 Å². The number of hydroxylamine groups is 2. The number of benzene rings is 2. The van der Waals surface area contributed by atoms with E-state index in [-0.39, 0.29) is 34.5 Å². The van der Waals surface area contributed by atoms with Gasteiger partial charge in [0.05, 0.1) is 27.7 Å². The molecule has 1 saturated heterocycles. The van der Waals surface area contributed by atoms with E-state index in [2.05, 4.69) is 15.3 Å². The van der Waals surface area contributed by atoms with Gasteiger partial charge in [-0.25, -0.2) is 0 Å². The summed E-state index contributed by atoms with van der Waals surface area (Å²) in [5.74, 6) is 0.131. The fraction of sp³-hybridized carbons (Fsp3) is 0.348. The summed E-state index contributed by atoms with van der Waals surface area (Å²) in [5, 5.41) is 5.70. The maximum atomic E-state index is 14.7. The highest BCUT2D eigenvalue weighted by Crippen LogP contribution is 2.29. The Hall–Kier alpha value is -3.17. The minimum atomic E-state index is -0.423. The quantitative estimate of drug-likeness (QED) is 0.386. The van der Waals surface area contributed by atoms with Crippen molar-refractivity contribution in [2.24, 2.45) is 0 Å². The predicted octanol–water partition coefficient (Wildman–Crippen LogP) is 4.30. The van der Waals surface area contributed by atoms with E-state index < -0.39 is 6.73 Å². The van der Waals surface area contributed by atoms with Gasteiger partial charge in [-0.05, 0) is 37.1 Å². The van der Waals surface area contributed by atoms with E-state index in [4.69, 9.17) is 21.2 Å². The van der Waals surface area contributed by atoms with Gasteiger partial charge < -0.3 is 14.9 Å². The first kappa shape index (κ1) is 23.0. The SMILES string of the molecule is CNC(=O)CC1CCCCN1Oc1nc(OCN(F)c2ccccc2Cl)c2ccccc2n1. The molecular formula is C23H25ClFN5O3. The molecule has 1 aliphatic heterocycles. The highest BCUT2D eigenvalue weighted by atomic mass is 35.5. The van der Waals surface area contributed by atoms with Gasteiger partial charge in [-0.2, -0.15) is 15.1 Å². The van der Waals surface area contributed by atoms with Crippen LogP contribution in [-0.4, -0.2) is 47.3 Å². The molecule has 4 rings (SSSR count). The summed E-state index contributed by atoms with van der Waals surface area (Å²) in [6.45, 7) is 0.228. The van der Waals surface area contributed by atoms with E-state index in [1.165, 1.54) is 0 Å². The molecule has 3 aromatic rings. The molecule has 1 fully saturated rings. The number of fused-ring (bicyclic) bond motifs is 1. The Bertz CT molecular complexity index is 1120. The average molecular weight is 474 g/mol. The molecule has 1 aliphatic rings. The fourth-order valence-electron chi connectivity index (χ4n) is 3.73. The molecule has 2 heterocycles.